The van der Waals surface area contributed by atoms with Gasteiger partial charge in [-0.2, -0.15) is 0 Å². The highest BCUT2D eigenvalue weighted by Crippen LogP contribution is 2.34. The molecule has 0 aliphatic rings. The molecule has 110 valence electrons. The van der Waals surface area contributed by atoms with Gasteiger partial charge in [-0.25, -0.2) is 4.39 Å². The fourth-order valence-electron chi connectivity index (χ4n) is 2.00. The normalized spacial score (nSPS) is 12.0. The van der Waals surface area contributed by atoms with Gasteiger partial charge in [0.05, 0.1) is 10.5 Å². The highest BCUT2D eigenvalue weighted by molar-refractivity contribution is 5.50. The Morgan fingerprint density at radius 2 is 2.00 bits per heavy atom. The standard InChI is InChI=1S/C15H15FN2O3/c1-9-13(18(19)20)4-3-5-14(9)21-15-7-6-11(16)8-12(15)10(2)17/h3-8,10H,17H2,1-2H3. The van der Waals surface area contributed by atoms with Gasteiger partial charge < -0.3 is 10.5 Å². The molecule has 0 aliphatic heterocycles. The fraction of sp³-hybridized carbons (Fsp3) is 0.200. The van der Waals surface area contributed by atoms with Crippen molar-refractivity contribution in [3.63, 3.8) is 0 Å². The van der Waals surface area contributed by atoms with E-state index in [0.717, 1.165) is 0 Å². The van der Waals surface area contributed by atoms with E-state index in [1.807, 2.05) is 0 Å². The van der Waals surface area contributed by atoms with Crippen molar-refractivity contribution in [3.8, 4) is 11.5 Å². The van der Waals surface area contributed by atoms with Gasteiger partial charge in [-0.05, 0) is 38.1 Å². The van der Waals surface area contributed by atoms with Gasteiger partial charge in [0.2, 0.25) is 0 Å². The van der Waals surface area contributed by atoms with E-state index in [1.165, 1.54) is 30.3 Å². The molecule has 0 bridgehead atoms. The minimum absolute atomic E-state index is 0.0306. The van der Waals surface area contributed by atoms with Crippen molar-refractivity contribution in [1.29, 1.82) is 0 Å². The molecule has 2 N–H and O–H groups in total. The van der Waals surface area contributed by atoms with Crippen LogP contribution in [-0.2, 0) is 0 Å². The first kappa shape index (κ1) is 14.9. The summed E-state index contributed by atoms with van der Waals surface area (Å²) in [6.07, 6.45) is 0. The van der Waals surface area contributed by atoms with Crippen molar-refractivity contribution in [3.05, 3.63) is 63.5 Å². The Balaban J connectivity index is 2.44. The first-order chi connectivity index (χ1) is 9.90. The molecule has 0 saturated heterocycles. The molecule has 0 aromatic heterocycles. The molecule has 21 heavy (non-hydrogen) atoms. The van der Waals surface area contributed by atoms with Gasteiger partial charge in [-0.15, -0.1) is 0 Å². The lowest BCUT2D eigenvalue weighted by Gasteiger charge is -2.15. The number of halogens is 1. The number of hydrogen-bond acceptors (Lipinski definition) is 4. The molecule has 0 heterocycles. The van der Waals surface area contributed by atoms with E-state index in [1.54, 1.807) is 19.9 Å². The maximum atomic E-state index is 13.3. The number of rotatable bonds is 4. The van der Waals surface area contributed by atoms with Gasteiger partial charge in [-0.1, -0.05) is 6.07 Å². The molecule has 5 nitrogen and oxygen atoms in total. The summed E-state index contributed by atoms with van der Waals surface area (Å²) < 4.78 is 19.0. The van der Waals surface area contributed by atoms with Crippen molar-refractivity contribution in [1.82, 2.24) is 0 Å². The Labute approximate surface area is 121 Å². The molecular formula is C15H15FN2O3. The fourth-order valence-corrected chi connectivity index (χ4v) is 2.00. The van der Waals surface area contributed by atoms with E-state index in [0.29, 0.717) is 22.6 Å². The third-order valence-electron chi connectivity index (χ3n) is 3.13. The minimum Gasteiger partial charge on any atom is -0.456 e. The van der Waals surface area contributed by atoms with Crippen LogP contribution < -0.4 is 10.5 Å². The maximum absolute atomic E-state index is 13.3. The summed E-state index contributed by atoms with van der Waals surface area (Å²) in [5, 5.41) is 10.9. The number of nitro groups is 1. The number of nitrogens with zero attached hydrogens (tertiary/aromatic N) is 1. The number of benzene rings is 2. The zero-order valence-corrected chi connectivity index (χ0v) is 11.7. The number of nitrogens with two attached hydrogens (primary N) is 1. The first-order valence-corrected chi connectivity index (χ1v) is 6.37. The van der Waals surface area contributed by atoms with E-state index in [9.17, 15) is 14.5 Å². The van der Waals surface area contributed by atoms with Crippen LogP contribution in [0, 0.1) is 22.9 Å². The van der Waals surface area contributed by atoms with E-state index in [2.05, 4.69) is 0 Å². The lowest BCUT2D eigenvalue weighted by atomic mass is 10.1. The van der Waals surface area contributed by atoms with E-state index in [4.69, 9.17) is 10.5 Å². The smallest absolute Gasteiger partial charge is 0.276 e. The average molecular weight is 290 g/mol. The van der Waals surface area contributed by atoms with Crippen LogP contribution in [0.15, 0.2) is 36.4 Å². The summed E-state index contributed by atoms with van der Waals surface area (Å²) in [4.78, 5) is 10.5. The van der Waals surface area contributed by atoms with Crippen molar-refractivity contribution >= 4 is 5.69 Å². The van der Waals surface area contributed by atoms with Crippen LogP contribution in [0.4, 0.5) is 10.1 Å². The Hall–Kier alpha value is -2.47. The third kappa shape index (κ3) is 3.17. The predicted octanol–water partition coefficient (Wildman–Crippen LogP) is 3.85. The van der Waals surface area contributed by atoms with Crippen molar-refractivity contribution in [2.24, 2.45) is 5.73 Å². The lowest BCUT2D eigenvalue weighted by Crippen LogP contribution is -2.07. The highest BCUT2D eigenvalue weighted by atomic mass is 19.1. The van der Waals surface area contributed by atoms with Gasteiger partial charge in [-0.3, -0.25) is 10.1 Å². The van der Waals surface area contributed by atoms with Crippen molar-refractivity contribution in [2.75, 3.05) is 0 Å². The zero-order chi connectivity index (χ0) is 15.6. The molecule has 2 aromatic carbocycles. The third-order valence-corrected chi connectivity index (χ3v) is 3.13. The lowest BCUT2D eigenvalue weighted by molar-refractivity contribution is -0.385. The maximum Gasteiger partial charge on any atom is 0.276 e. The Kier molecular flexibility index (Phi) is 4.18. The molecule has 0 amide bonds. The van der Waals surface area contributed by atoms with Gasteiger partial charge in [0.15, 0.2) is 0 Å². The number of hydrogen-bond donors (Lipinski definition) is 1. The van der Waals surface area contributed by atoms with E-state index in [-0.39, 0.29) is 5.69 Å². The molecule has 2 rings (SSSR count). The first-order valence-electron chi connectivity index (χ1n) is 6.37. The van der Waals surface area contributed by atoms with Crippen LogP contribution in [0.1, 0.15) is 24.1 Å². The topological polar surface area (TPSA) is 78.4 Å². The van der Waals surface area contributed by atoms with Crippen LogP contribution in [-0.4, -0.2) is 4.92 Å². The largest absolute Gasteiger partial charge is 0.456 e. The van der Waals surface area contributed by atoms with E-state index < -0.39 is 16.8 Å². The molecule has 1 atom stereocenters. The predicted molar refractivity (Wildman–Crippen MR) is 76.9 cm³/mol. The quantitative estimate of drug-likeness (QED) is 0.685. The summed E-state index contributed by atoms with van der Waals surface area (Å²) in [5.41, 5.74) is 6.67. The minimum atomic E-state index is -0.473. The second kappa shape index (κ2) is 5.88. The molecular weight excluding hydrogens is 275 g/mol. The second-order valence-corrected chi connectivity index (χ2v) is 4.73. The zero-order valence-electron chi connectivity index (χ0n) is 11.7. The van der Waals surface area contributed by atoms with E-state index >= 15 is 0 Å². The summed E-state index contributed by atoms with van der Waals surface area (Å²) >= 11 is 0. The summed E-state index contributed by atoms with van der Waals surface area (Å²) in [6.45, 7) is 3.31. The molecule has 0 fully saturated rings. The summed E-state index contributed by atoms with van der Waals surface area (Å²) in [6, 6.07) is 8.16. The SMILES string of the molecule is Cc1c(Oc2ccc(F)cc2C(C)N)cccc1[N+](=O)[O-]. The van der Waals surface area contributed by atoms with Crippen LogP contribution in [0.2, 0.25) is 0 Å². The molecule has 2 aromatic rings. The Bertz CT molecular complexity index is 687. The molecule has 0 spiro atoms. The Morgan fingerprint density at radius 3 is 2.62 bits per heavy atom. The molecule has 0 radical (unpaired) electrons. The second-order valence-electron chi connectivity index (χ2n) is 4.73. The monoisotopic (exact) mass is 290 g/mol. The van der Waals surface area contributed by atoms with Gasteiger partial charge in [0.25, 0.3) is 5.69 Å². The average Bonchev–Trinajstić information content (AvgIpc) is 2.42. The number of nitro benzene ring substituents is 1. The molecule has 1 unspecified atom stereocenters. The van der Waals surface area contributed by atoms with Gasteiger partial charge >= 0.3 is 0 Å². The van der Waals surface area contributed by atoms with Crippen LogP contribution in [0.5, 0.6) is 11.5 Å². The van der Waals surface area contributed by atoms with Crippen LogP contribution in [0.3, 0.4) is 0 Å². The highest BCUT2D eigenvalue weighted by Gasteiger charge is 2.17. The number of ether oxygens (including phenoxy) is 1. The Morgan fingerprint density at radius 1 is 1.29 bits per heavy atom. The van der Waals surface area contributed by atoms with Crippen molar-refractivity contribution < 1.29 is 14.1 Å². The molecule has 0 aliphatic carbocycles. The molecule has 0 saturated carbocycles. The van der Waals surface area contributed by atoms with Crippen molar-refractivity contribution in [2.45, 2.75) is 19.9 Å². The molecule has 6 heteroatoms. The van der Waals surface area contributed by atoms with Gasteiger partial charge in [0, 0.05) is 17.7 Å². The van der Waals surface area contributed by atoms with Gasteiger partial charge in [0.1, 0.15) is 17.3 Å². The summed E-state index contributed by atoms with van der Waals surface area (Å²) in [5.74, 6) is 0.318. The van der Waals surface area contributed by atoms with Crippen LogP contribution >= 0.6 is 0 Å². The van der Waals surface area contributed by atoms with Crippen LogP contribution in [0.25, 0.3) is 0 Å². The summed E-state index contributed by atoms with van der Waals surface area (Å²) in [7, 11) is 0.